The molecule has 0 saturated heterocycles. The second kappa shape index (κ2) is 4.93. The van der Waals surface area contributed by atoms with E-state index in [4.69, 9.17) is 0 Å². The van der Waals surface area contributed by atoms with Gasteiger partial charge in [0.1, 0.15) is 5.82 Å². The van der Waals surface area contributed by atoms with Gasteiger partial charge in [-0.1, -0.05) is 6.07 Å². The Hall–Kier alpha value is -0.930. The molecule has 1 aromatic carbocycles. The fourth-order valence-corrected chi connectivity index (χ4v) is 1.78. The molecule has 1 unspecified atom stereocenters. The largest absolute Gasteiger partial charge is 0.391 e. The third-order valence-corrected chi connectivity index (χ3v) is 2.99. The van der Waals surface area contributed by atoms with Crippen LogP contribution in [0.4, 0.5) is 4.39 Å². The maximum absolute atomic E-state index is 13.0. The zero-order chi connectivity index (χ0) is 11.5. The molecule has 1 aliphatic rings. The average molecular weight is 223 g/mol. The monoisotopic (exact) mass is 223 g/mol. The first-order valence-electron chi connectivity index (χ1n) is 5.81. The molecular formula is C13H18FNO. The predicted octanol–water partition coefficient (Wildman–Crippen LogP) is 1.79. The van der Waals surface area contributed by atoms with E-state index in [1.165, 1.54) is 25.0 Å². The van der Waals surface area contributed by atoms with Crippen molar-refractivity contribution in [1.82, 2.24) is 5.32 Å². The highest BCUT2D eigenvalue weighted by molar-refractivity contribution is 5.27. The molecule has 1 aromatic rings. The number of aliphatic hydroxyl groups excluding tert-OH is 1. The first-order valence-corrected chi connectivity index (χ1v) is 5.81. The van der Waals surface area contributed by atoms with E-state index in [0.29, 0.717) is 19.0 Å². The van der Waals surface area contributed by atoms with Crippen molar-refractivity contribution < 1.29 is 9.50 Å². The number of aliphatic hydroxyl groups is 1. The van der Waals surface area contributed by atoms with E-state index in [1.54, 1.807) is 6.07 Å². The number of benzene rings is 1. The van der Waals surface area contributed by atoms with Crippen LogP contribution in [0.1, 0.15) is 24.0 Å². The highest BCUT2D eigenvalue weighted by atomic mass is 19.1. The normalized spacial score (nSPS) is 17.4. The molecule has 0 spiro atoms. The van der Waals surface area contributed by atoms with E-state index >= 15 is 0 Å². The lowest BCUT2D eigenvalue weighted by molar-refractivity contribution is 0.171. The molecule has 0 aliphatic heterocycles. The summed E-state index contributed by atoms with van der Waals surface area (Å²) in [6.07, 6.45) is 2.52. The Morgan fingerprint density at radius 1 is 1.50 bits per heavy atom. The standard InChI is InChI=1S/C13H18FNO/c1-9-2-3-11(14)6-10(9)7-13(16)8-15-12-4-5-12/h2-3,6,12-13,15-16H,4-5,7-8H2,1H3. The highest BCUT2D eigenvalue weighted by Crippen LogP contribution is 2.19. The fraction of sp³-hybridized carbons (Fsp3) is 0.538. The van der Waals surface area contributed by atoms with E-state index in [9.17, 15) is 9.50 Å². The van der Waals surface area contributed by atoms with Crippen molar-refractivity contribution in [2.24, 2.45) is 0 Å². The van der Waals surface area contributed by atoms with Crippen molar-refractivity contribution in [3.8, 4) is 0 Å². The molecule has 2 nitrogen and oxygen atoms in total. The van der Waals surface area contributed by atoms with Crippen LogP contribution in [0.5, 0.6) is 0 Å². The maximum atomic E-state index is 13.0. The first-order chi connectivity index (χ1) is 7.65. The van der Waals surface area contributed by atoms with Gasteiger partial charge in [-0.25, -0.2) is 4.39 Å². The maximum Gasteiger partial charge on any atom is 0.123 e. The second-order valence-corrected chi connectivity index (χ2v) is 4.61. The number of hydrogen-bond donors (Lipinski definition) is 2. The van der Waals surface area contributed by atoms with Gasteiger partial charge < -0.3 is 10.4 Å². The van der Waals surface area contributed by atoms with Gasteiger partial charge in [-0.2, -0.15) is 0 Å². The molecule has 1 saturated carbocycles. The van der Waals surface area contributed by atoms with Crippen LogP contribution in [-0.2, 0) is 6.42 Å². The van der Waals surface area contributed by atoms with E-state index < -0.39 is 6.10 Å². The molecule has 0 heterocycles. The minimum atomic E-state index is -0.430. The summed E-state index contributed by atoms with van der Waals surface area (Å²) in [7, 11) is 0. The quantitative estimate of drug-likeness (QED) is 0.797. The Morgan fingerprint density at radius 3 is 2.94 bits per heavy atom. The van der Waals surface area contributed by atoms with Gasteiger partial charge in [0.2, 0.25) is 0 Å². The Bertz CT molecular complexity index is 363. The van der Waals surface area contributed by atoms with Crippen LogP contribution in [0.15, 0.2) is 18.2 Å². The molecule has 1 atom stereocenters. The molecule has 2 N–H and O–H groups in total. The van der Waals surface area contributed by atoms with Crippen LogP contribution in [0.25, 0.3) is 0 Å². The van der Waals surface area contributed by atoms with Crippen LogP contribution in [0.2, 0.25) is 0 Å². The number of aryl methyl sites for hydroxylation is 1. The highest BCUT2D eigenvalue weighted by Gasteiger charge is 2.21. The molecule has 0 radical (unpaired) electrons. The third kappa shape index (κ3) is 3.29. The van der Waals surface area contributed by atoms with Gasteiger partial charge in [0.25, 0.3) is 0 Å². The summed E-state index contributed by atoms with van der Waals surface area (Å²) >= 11 is 0. The Kier molecular flexibility index (Phi) is 3.56. The lowest BCUT2D eigenvalue weighted by atomic mass is 10.0. The van der Waals surface area contributed by atoms with Crippen molar-refractivity contribution in [1.29, 1.82) is 0 Å². The summed E-state index contributed by atoms with van der Waals surface area (Å²) in [6, 6.07) is 5.32. The van der Waals surface area contributed by atoms with Crippen molar-refractivity contribution in [3.05, 3.63) is 35.1 Å². The van der Waals surface area contributed by atoms with Gasteiger partial charge in [0.05, 0.1) is 6.10 Å². The molecule has 1 aliphatic carbocycles. The van der Waals surface area contributed by atoms with Gasteiger partial charge in [0, 0.05) is 12.6 Å². The molecule has 3 heteroatoms. The topological polar surface area (TPSA) is 32.3 Å². The van der Waals surface area contributed by atoms with E-state index in [-0.39, 0.29) is 5.82 Å². The summed E-state index contributed by atoms with van der Waals surface area (Å²) < 4.78 is 13.0. The summed E-state index contributed by atoms with van der Waals surface area (Å²) in [6.45, 7) is 2.54. The molecule has 2 rings (SSSR count). The summed E-state index contributed by atoms with van der Waals surface area (Å²) in [5.74, 6) is -0.233. The average Bonchev–Trinajstić information content (AvgIpc) is 3.04. The van der Waals surface area contributed by atoms with Crippen LogP contribution < -0.4 is 5.32 Å². The molecule has 1 fully saturated rings. The molecule has 0 bridgehead atoms. The van der Waals surface area contributed by atoms with Crippen LogP contribution in [-0.4, -0.2) is 23.8 Å². The zero-order valence-corrected chi connectivity index (χ0v) is 9.54. The minimum Gasteiger partial charge on any atom is -0.391 e. The van der Waals surface area contributed by atoms with Crippen molar-refractivity contribution in [3.63, 3.8) is 0 Å². The van der Waals surface area contributed by atoms with Gasteiger partial charge in [-0.3, -0.25) is 0 Å². The number of halogens is 1. The summed E-state index contributed by atoms with van der Waals surface area (Å²) in [5.41, 5.74) is 1.93. The Labute approximate surface area is 95.5 Å². The number of hydrogen-bond acceptors (Lipinski definition) is 2. The fourth-order valence-electron chi connectivity index (χ4n) is 1.78. The predicted molar refractivity (Wildman–Crippen MR) is 61.9 cm³/mol. The van der Waals surface area contributed by atoms with Crippen molar-refractivity contribution >= 4 is 0 Å². The van der Waals surface area contributed by atoms with Gasteiger partial charge in [0.15, 0.2) is 0 Å². The SMILES string of the molecule is Cc1ccc(F)cc1CC(O)CNC1CC1. The smallest absolute Gasteiger partial charge is 0.123 e. The molecular weight excluding hydrogens is 205 g/mol. The van der Waals surface area contributed by atoms with E-state index in [0.717, 1.165) is 11.1 Å². The second-order valence-electron chi connectivity index (χ2n) is 4.61. The zero-order valence-electron chi connectivity index (χ0n) is 9.54. The molecule has 16 heavy (non-hydrogen) atoms. The lowest BCUT2D eigenvalue weighted by Crippen LogP contribution is -2.30. The van der Waals surface area contributed by atoms with Crippen LogP contribution >= 0.6 is 0 Å². The van der Waals surface area contributed by atoms with Crippen LogP contribution in [0, 0.1) is 12.7 Å². The van der Waals surface area contributed by atoms with Gasteiger partial charge >= 0.3 is 0 Å². The van der Waals surface area contributed by atoms with E-state index in [2.05, 4.69) is 5.32 Å². The number of nitrogens with one attached hydrogen (secondary N) is 1. The number of rotatable bonds is 5. The lowest BCUT2D eigenvalue weighted by Gasteiger charge is -2.13. The van der Waals surface area contributed by atoms with Crippen LogP contribution in [0.3, 0.4) is 0 Å². The molecule has 0 amide bonds. The Morgan fingerprint density at radius 2 is 2.25 bits per heavy atom. The summed E-state index contributed by atoms with van der Waals surface area (Å²) in [4.78, 5) is 0. The summed E-state index contributed by atoms with van der Waals surface area (Å²) in [5, 5.41) is 13.1. The van der Waals surface area contributed by atoms with E-state index in [1.807, 2.05) is 6.92 Å². The molecule has 0 aromatic heterocycles. The van der Waals surface area contributed by atoms with Crippen molar-refractivity contribution in [2.45, 2.75) is 38.3 Å². The Balaban J connectivity index is 1.88. The first kappa shape index (κ1) is 11.6. The van der Waals surface area contributed by atoms with Crippen molar-refractivity contribution in [2.75, 3.05) is 6.54 Å². The minimum absolute atomic E-state index is 0.233. The third-order valence-electron chi connectivity index (χ3n) is 2.99. The molecule has 88 valence electrons. The van der Waals surface area contributed by atoms with Gasteiger partial charge in [-0.05, 0) is 49.4 Å². The van der Waals surface area contributed by atoms with Gasteiger partial charge in [-0.15, -0.1) is 0 Å².